The quantitative estimate of drug-likeness (QED) is 0.266. The molecule has 1 fully saturated rings. The first kappa shape index (κ1) is 24.5. The number of nitrogens with zero attached hydrogens (tertiary/aromatic N) is 3. The minimum Gasteiger partial charge on any atom is -0.320 e. The summed E-state index contributed by atoms with van der Waals surface area (Å²) in [5.41, 5.74) is 4.00. The molecule has 0 unspecified atom stereocenters. The molecule has 2 aliphatic heterocycles. The van der Waals surface area contributed by atoms with Crippen LogP contribution in [0.4, 0.5) is 11.4 Å². The van der Waals surface area contributed by atoms with Crippen LogP contribution in [0.15, 0.2) is 86.3 Å². The number of carbonyl (C=O) groups is 2. The van der Waals surface area contributed by atoms with Crippen molar-refractivity contribution in [2.45, 2.75) is 19.8 Å². The summed E-state index contributed by atoms with van der Waals surface area (Å²) in [5, 5.41) is 12.3. The minimum atomic E-state index is -0.371. The fourth-order valence-corrected chi connectivity index (χ4v) is 5.38. The number of carbonyl (C=O) groups excluding carboxylic acids is 2. The zero-order chi connectivity index (χ0) is 25.4. The number of amidine groups is 1. The largest absolute Gasteiger partial charge is 0.320 e. The number of hydrogen-bond donors (Lipinski definition) is 1. The van der Waals surface area contributed by atoms with Crippen LogP contribution in [0.1, 0.15) is 36.5 Å². The lowest BCUT2D eigenvalue weighted by Crippen LogP contribution is -2.29. The van der Waals surface area contributed by atoms with Crippen molar-refractivity contribution in [2.75, 3.05) is 10.2 Å². The van der Waals surface area contributed by atoms with E-state index in [9.17, 15) is 9.59 Å². The maximum atomic E-state index is 13.6. The Labute approximate surface area is 226 Å². The summed E-state index contributed by atoms with van der Waals surface area (Å²) < 4.78 is 0.915. The summed E-state index contributed by atoms with van der Waals surface area (Å²) >= 11 is 10.8. The third-order valence-electron chi connectivity index (χ3n) is 5.68. The summed E-state index contributed by atoms with van der Waals surface area (Å²) in [6, 6.07) is 20.6. The third-order valence-corrected chi connectivity index (χ3v) is 7.37. The molecule has 0 saturated carbocycles. The van der Waals surface area contributed by atoms with E-state index in [1.807, 2.05) is 54.6 Å². The van der Waals surface area contributed by atoms with Crippen molar-refractivity contribution in [2.24, 2.45) is 10.2 Å². The molecular formula is C27H20BrClN4O2S. The highest BCUT2D eigenvalue weighted by atomic mass is 79.9. The van der Waals surface area contributed by atoms with Gasteiger partial charge in [-0.15, -0.1) is 10.2 Å². The van der Waals surface area contributed by atoms with Gasteiger partial charge in [-0.3, -0.25) is 14.5 Å². The number of nitrogens with one attached hydrogen (secondary N) is 1. The summed E-state index contributed by atoms with van der Waals surface area (Å²) in [7, 11) is 0. The Morgan fingerprint density at radius 1 is 1.03 bits per heavy atom. The van der Waals surface area contributed by atoms with E-state index in [-0.39, 0.29) is 23.4 Å². The summed E-state index contributed by atoms with van der Waals surface area (Å²) in [4.78, 5) is 28.2. The van der Waals surface area contributed by atoms with Gasteiger partial charge in [0.25, 0.3) is 11.8 Å². The zero-order valence-electron chi connectivity index (χ0n) is 19.3. The minimum absolute atomic E-state index is 0.147. The van der Waals surface area contributed by atoms with Gasteiger partial charge in [-0.2, -0.15) is 0 Å². The Balaban J connectivity index is 1.59. The highest BCUT2D eigenvalue weighted by Gasteiger charge is 2.35. The smallest absolute Gasteiger partial charge is 0.276 e. The van der Waals surface area contributed by atoms with Crippen LogP contribution in [0.25, 0.3) is 6.08 Å². The highest BCUT2D eigenvalue weighted by Crippen LogP contribution is 2.37. The van der Waals surface area contributed by atoms with E-state index < -0.39 is 0 Å². The van der Waals surface area contributed by atoms with Crippen LogP contribution < -0.4 is 10.2 Å². The number of hydrogen-bond acceptors (Lipinski definition) is 5. The Morgan fingerprint density at radius 2 is 1.83 bits per heavy atom. The van der Waals surface area contributed by atoms with E-state index in [1.165, 1.54) is 16.7 Å². The molecule has 0 aromatic heterocycles. The lowest BCUT2D eigenvalue weighted by molar-refractivity contribution is -0.113. The average Bonchev–Trinajstić information content (AvgIpc) is 3.32. The molecule has 6 nitrogen and oxygen atoms in total. The Morgan fingerprint density at radius 3 is 2.61 bits per heavy atom. The molecule has 0 atom stereocenters. The number of fused-ring (bicyclic) bond motifs is 1. The van der Waals surface area contributed by atoms with E-state index >= 15 is 0 Å². The van der Waals surface area contributed by atoms with Crippen LogP contribution >= 0.6 is 39.3 Å². The molecule has 1 saturated heterocycles. The van der Waals surface area contributed by atoms with E-state index in [0.29, 0.717) is 32.0 Å². The van der Waals surface area contributed by atoms with Crippen LogP contribution in [0.5, 0.6) is 0 Å². The average molecular weight is 580 g/mol. The lowest BCUT2D eigenvalue weighted by atomic mass is 10.0. The number of anilines is 2. The number of rotatable bonds is 4. The molecule has 0 aliphatic carbocycles. The van der Waals surface area contributed by atoms with Crippen molar-refractivity contribution in [3.05, 3.63) is 97.8 Å². The van der Waals surface area contributed by atoms with Gasteiger partial charge in [0.05, 0.1) is 16.3 Å². The standard InChI is InChI=1S/C27H20BrClN4O2S/c1-15(2)17-6-4-8-20(13-17)33-26(35)23(12-16-5-3-7-18(28)11-16)36-27(33)32-31-24-21-14-19(29)9-10-22(21)30-25(24)34/h3-15H,1-2H3,(H,30,31,34). The van der Waals surface area contributed by atoms with Crippen LogP contribution in [-0.2, 0) is 9.59 Å². The first-order valence-corrected chi connectivity index (χ1v) is 13.2. The molecule has 1 N–H and O–H groups in total. The molecule has 2 heterocycles. The van der Waals surface area contributed by atoms with Crippen LogP contribution in [0.2, 0.25) is 5.02 Å². The number of thioether (sulfide) groups is 1. The normalized spacial score (nSPS) is 18.6. The van der Waals surface area contributed by atoms with Crippen molar-refractivity contribution >= 4 is 79.4 Å². The number of halogens is 2. The van der Waals surface area contributed by atoms with Gasteiger partial charge >= 0.3 is 0 Å². The van der Waals surface area contributed by atoms with Crippen molar-refractivity contribution in [3.63, 3.8) is 0 Å². The molecule has 0 bridgehead atoms. The van der Waals surface area contributed by atoms with Gasteiger partial charge < -0.3 is 5.32 Å². The van der Waals surface area contributed by atoms with Gasteiger partial charge in [0, 0.05) is 15.1 Å². The molecule has 2 aliphatic rings. The lowest BCUT2D eigenvalue weighted by Gasteiger charge is -2.17. The first-order valence-electron chi connectivity index (χ1n) is 11.2. The number of benzene rings is 3. The second-order valence-corrected chi connectivity index (χ2v) is 10.9. The first-order chi connectivity index (χ1) is 17.3. The molecule has 5 rings (SSSR count). The monoisotopic (exact) mass is 578 g/mol. The van der Waals surface area contributed by atoms with Crippen molar-refractivity contribution in [3.8, 4) is 0 Å². The molecular weight excluding hydrogens is 560 g/mol. The third kappa shape index (κ3) is 4.89. The van der Waals surface area contributed by atoms with E-state index in [4.69, 9.17) is 11.6 Å². The van der Waals surface area contributed by atoms with Gasteiger partial charge in [-0.25, -0.2) is 0 Å². The molecule has 3 aromatic carbocycles. The molecule has 180 valence electrons. The van der Waals surface area contributed by atoms with Gasteiger partial charge in [-0.05, 0) is 77.3 Å². The molecule has 2 amide bonds. The van der Waals surface area contributed by atoms with Gasteiger partial charge in [-0.1, -0.05) is 65.6 Å². The van der Waals surface area contributed by atoms with Crippen molar-refractivity contribution < 1.29 is 9.59 Å². The maximum absolute atomic E-state index is 13.6. The van der Waals surface area contributed by atoms with Crippen molar-refractivity contribution in [1.82, 2.24) is 0 Å². The highest BCUT2D eigenvalue weighted by molar-refractivity contribution is 9.10. The molecule has 3 aromatic rings. The molecule has 0 spiro atoms. The summed E-state index contributed by atoms with van der Waals surface area (Å²) in [6.07, 6.45) is 1.82. The SMILES string of the molecule is CC(C)c1cccc(N2C(=O)C(=Cc3cccc(Br)c3)SC2=NN=C2C(=O)Nc3ccc(Cl)cc32)c1. The molecule has 0 radical (unpaired) electrons. The second-order valence-electron chi connectivity index (χ2n) is 8.53. The van der Waals surface area contributed by atoms with Crippen molar-refractivity contribution in [1.29, 1.82) is 0 Å². The van der Waals surface area contributed by atoms with Crippen LogP contribution in [0, 0.1) is 0 Å². The maximum Gasteiger partial charge on any atom is 0.276 e. The molecule has 9 heteroatoms. The van der Waals surface area contributed by atoms with Gasteiger partial charge in [0.2, 0.25) is 5.17 Å². The molecule has 36 heavy (non-hydrogen) atoms. The Kier molecular flexibility index (Phi) is 6.83. The van der Waals surface area contributed by atoms with Crippen LogP contribution in [-0.4, -0.2) is 22.7 Å². The fourth-order valence-electron chi connectivity index (χ4n) is 3.86. The van der Waals surface area contributed by atoms with Gasteiger partial charge in [0.1, 0.15) is 0 Å². The van der Waals surface area contributed by atoms with Crippen LogP contribution in [0.3, 0.4) is 0 Å². The van der Waals surface area contributed by atoms with E-state index in [2.05, 4.69) is 45.3 Å². The van der Waals surface area contributed by atoms with Gasteiger partial charge in [0.15, 0.2) is 5.71 Å². The zero-order valence-corrected chi connectivity index (χ0v) is 22.5. The summed E-state index contributed by atoms with van der Waals surface area (Å²) in [5.74, 6) is -0.292. The number of amides is 2. The Bertz CT molecular complexity index is 1500. The van der Waals surface area contributed by atoms with E-state index in [1.54, 1.807) is 18.2 Å². The topological polar surface area (TPSA) is 74.1 Å². The predicted molar refractivity (Wildman–Crippen MR) is 152 cm³/mol. The predicted octanol–water partition coefficient (Wildman–Crippen LogP) is 7.06. The Hall–Kier alpha value is -3.20. The second kappa shape index (κ2) is 10.0. The summed E-state index contributed by atoms with van der Waals surface area (Å²) in [6.45, 7) is 4.20. The van der Waals surface area contributed by atoms with E-state index in [0.717, 1.165) is 15.6 Å². The fraction of sp³-hybridized carbons (Fsp3) is 0.111.